The summed E-state index contributed by atoms with van der Waals surface area (Å²) in [5.41, 5.74) is 6.26. The lowest BCUT2D eigenvalue weighted by molar-refractivity contribution is -0.120. The van der Waals surface area contributed by atoms with Gasteiger partial charge < -0.3 is 10.5 Å². The molecule has 0 radical (unpaired) electrons. The van der Waals surface area contributed by atoms with Gasteiger partial charge in [-0.1, -0.05) is 48.0 Å². The van der Waals surface area contributed by atoms with Crippen LogP contribution in [0.4, 0.5) is 0 Å². The second-order valence-electron chi connectivity index (χ2n) is 4.51. The zero-order valence-corrected chi connectivity index (χ0v) is 12.2. The third kappa shape index (κ3) is 4.77. The van der Waals surface area contributed by atoms with E-state index in [0.29, 0.717) is 23.9 Å². The number of nitrogens with two attached hydrogens (primary N) is 1. The van der Waals surface area contributed by atoms with Crippen molar-refractivity contribution in [3.8, 4) is 5.75 Å². The van der Waals surface area contributed by atoms with Crippen molar-refractivity contribution in [3.05, 3.63) is 65.2 Å². The Morgan fingerprint density at radius 2 is 1.95 bits per heavy atom. The van der Waals surface area contributed by atoms with Gasteiger partial charge >= 0.3 is 0 Å². The molecule has 2 aromatic rings. The molecule has 2 rings (SSSR count). The molecule has 0 spiro atoms. The number of rotatable bonds is 7. The lowest BCUT2D eigenvalue weighted by Crippen LogP contribution is -2.35. The maximum absolute atomic E-state index is 11.5. The first-order valence-electron chi connectivity index (χ1n) is 6.63. The number of halogens is 1. The lowest BCUT2D eigenvalue weighted by atomic mass is 10.1. The summed E-state index contributed by atoms with van der Waals surface area (Å²) < 4.78 is 5.55. The van der Waals surface area contributed by atoms with E-state index in [1.54, 1.807) is 12.1 Å². The summed E-state index contributed by atoms with van der Waals surface area (Å²) in [6.45, 7) is 0.909. The van der Waals surface area contributed by atoms with E-state index in [4.69, 9.17) is 22.1 Å². The Labute approximate surface area is 128 Å². The van der Waals surface area contributed by atoms with Gasteiger partial charge in [-0.2, -0.15) is 0 Å². The quantitative estimate of drug-likeness (QED) is 0.773. The smallest absolute Gasteiger partial charge is 0.239 e. The molecule has 21 heavy (non-hydrogen) atoms. The molecular formula is C16H17ClN2O2. The summed E-state index contributed by atoms with van der Waals surface area (Å²) in [7, 11) is 0. The molecule has 1 amide bonds. The van der Waals surface area contributed by atoms with Gasteiger partial charge in [0.05, 0.1) is 0 Å². The minimum Gasteiger partial charge on any atom is -0.492 e. The molecule has 0 saturated carbocycles. The van der Waals surface area contributed by atoms with Crippen LogP contribution < -0.4 is 15.8 Å². The molecule has 0 aromatic heterocycles. The summed E-state index contributed by atoms with van der Waals surface area (Å²) in [6.07, 6.45) is 0. The number of ether oxygens (including phenoxy) is 1. The fourth-order valence-corrected chi connectivity index (χ4v) is 2.14. The predicted octanol–water partition coefficient (Wildman–Crippen LogP) is 2.54. The number of amides is 1. The van der Waals surface area contributed by atoms with Crippen molar-refractivity contribution >= 4 is 17.5 Å². The maximum Gasteiger partial charge on any atom is 0.239 e. The average Bonchev–Trinajstić information content (AvgIpc) is 2.48. The first-order valence-corrected chi connectivity index (χ1v) is 7.00. The average molecular weight is 305 g/mol. The number of nitrogens with one attached hydrogen (secondary N) is 1. The molecule has 0 aliphatic carbocycles. The van der Waals surface area contributed by atoms with Crippen molar-refractivity contribution in [2.45, 2.75) is 6.04 Å². The minimum absolute atomic E-state index is 0.413. The van der Waals surface area contributed by atoms with Crippen molar-refractivity contribution < 1.29 is 9.53 Å². The Morgan fingerprint density at radius 3 is 2.62 bits per heavy atom. The van der Waals surface area contributed by atoms with E-state index < -0.39 is 11.9 Å². The second kappa shape index (κ2) is 7.67. The molecule has 0 heterocycles. The van der Waals surface area contributed by atoms with Gasteiger partial charge in [-0.3, -0.25) is 10.1 Å². The van der Waals surface area contributed by atoms with Gasteiger partial charge in [-0.15, -0.1) is 0 Å². The maximum atomic E-state index is 11.5. The summed E-state index contributed by atoms with van der Waals surface area (Å²) in [5.74, 6) is 0.281. The summed E-state index contributed by atoms with van der Waals surface area (Å²) >= 11 is 5.87. The molecule has 0 fully saturated rings. The monoisotopic (exact) mass is 304 g/mol. The predicted molar refractivity (Wildman–Crippen MR) is 83.3 cm³/mol. The van der Waals surface area contributed by atoms with Gasteiger partial charge in [-0.25, -0.2) is 0 Å². The van der Waals surface area contributed by atoms with E-state index in [-0.39, 0.29) is 0 Å². The minimum atomic E-state index is -0.519. The van der Waals surface area contributed by atoms with Crippen LogP contribution in [0.2, 0.25) is 5.02 Å². The Balaban J connectivity index is 1.85. The molecule has 110 valence electrons. The molecule has 4 nitrogen and oxygen atoms in total. The standard InChI is InChI=1S/C16H17ClN2O2/c17-13-7-4-8-14(11-13)21-10-9-19-15(16(18)20)12-5-2-1-3-6-12/h1-8,11,15,19H,9-10H2,(H2,18,20)/t15-/m0/s1. The van der Waals surface area contributed by atoms with Gasteiger partial charge in [0.1, 0.15) is 18.4 Å². The SMILES string of the molecule is NC(=O)[C@@H](NCCOc1cccc(Cl)c1)c1ccccc1. The van der Waals surface area contributed by atoms with Crippen LogP contribution in [0, 0.1) is 0 Å². The fourth-order valence-electron chi connectivity index (χ4n) is 1.96. The largest absolute Gasteiger partial charge is 0.492 e. The number of benzene rings is 2. The van der Waals surface area contributed by atoms with Gasteiger partial charge in [0.2, 0.25) is 5.91 Å². The summed E-state index contributed by atoms with van der Waals surface area (Å²) in [4.78, 5) is 11.5. The van der Waals surface area contributed by atoms with Crippen molar-refractivity contribution in [1.82, 2.24) is 5.32 Å². The third-order valence-corrected chi connectivity index (χ3v) is 3.17. The summed E-state index contributed by atoms with van der Waals surface area (Å²) in [6, 6.07) is 16.0. The molecule has 3 N–H and O–H groups in total. The van der Waals surface area contributed by atoms with E-state index in [1.807, 2.05) is 42.5 Å². The van der Waals surface area contributed by atoms with E-state index in [2.05, 4.69) is 5.32 Å². The molecule has 5 heteroatoms. The number of carbonyl (C=O) groups excluding carboxylic acids is 1. The number of primary amides is 1. The normalized spacial score (nSPS) is 11.9. The van der Waals surface area contributed by atoms with Crippen molar-refractivity contribution in [2.24, 2.45) is 5.73 Å². The second-order valence-corrected chi connectivity index (χ2v) is 4.94. The third-order valence-electron chi connectivity index (χ3n) is 2.93. The fraction of sp³-hybridized carbons (Fsp3) is 0.188. The number of hydrogen-bond acceptors (Lipinski definition) is 3. The molecule has 0 bridgehead atoms. The Morgan fingerprint density at radius 1 is 1.19 bits per heavy atom. The van der Waals surface area contributed by atoms with Crippen LogP contribution in [-0.4, -0.2) is 19.1 Å². The van der Waals surface area contributed by atoms with Gasteiger partial charge in [0, 0.05) is 11.6 Å². The lowest BCUT2D eigenvalue weighted by Gasteiger charge is -2.16. The molecule has 0 unspecified atom stereocenters. The van der Waals surface area contributed by atoms with Crippen LogP contribution in [0.3, 0.4) is 0 Å². The van der Waals surface area contributed by atoms with Crippen molar-refractivity contribution in [2.75, 3.05) is 13.2 Å². The van der Waals surface area contributed by atoms with Crippen LogP contribution in [-0.2, 0) is 4.79 Å². The van der Waals surface area contributed by atoms with Gasteiger partial charge in [0.25, 0.3) is 0 Å². The first-order chi connectivity index (χ1) is 10.2. The molecule has 0 aliphatic heterocycles. The van der Waals surface area contributed by atoms with Gasteiger partial charge in [0.15, 0.2) is 0 Å². The van der Waals surface area contributed by atoms with Crippen molar-refractivity contribution in [1.29, 1.82) is 0 Å². The van der Waals surface area contributed by atoms with E-state index in [0.717, 1.165) is 5.56 Å². The van der Waals surface area contributed by atoms with E-state index >= 15 is 0 Å². The van der Waals surface area contributed by atoms with Crippen molar-refractivity contribution in [3.63, 3.8) is 0 Å². The highest BCUT2D eigenvalue weighted by atomic mass is 35.5. The molecule has 1 atom stereocenters. The first kappa shape index (κ1) is 15.4. The molecule has 0 saturated heterocycles. The van der Waals surface area contributed by atoms with Crippen LogP contribution in [0.15, 0.2) is 54.6 Å². The van der Waals surface area contributed by atoms with Crippen LogP contribution >= 0.6 is 11.6 Å². The Kier molecular flexibility index (Phi) is 5.60. The zero-order chi connectivity index (χ0) is 15.1. The summed E-state index contributed by atoms with van der Waals surface area (Å²) in [5, 5.41) is 3.71. The highest BCUT2D eigenvalue weighted by Gasteiger charge is 2.16. The van der Waals surface area contributed by atoms with Crippen LogP contribution in [0.1, 0.15) is 11.6 Å². The number of hydrogen-bond donors (Lipinski definition) is 2. The van der Waals surface area contributed by atoms with E-state index in [9.17, 15) is 4.79 Å². The Bertz CT molecular complexity index is 590. The van der Waals surface area contributed by atoms with Crippen LogP contribution in [0.25, 0.3) is 0 Å². The molecular weight excluding hydrogens is 288 g/mol. The molecule has 0 aliphatic rings. The van der Waals surface area contributed by atoms with Crippen LogP contribution in [0.5, 0.6) is 5.75 Å². The Hall–Kier alpha value is -2.04. The highest BCUT2D eigenvalue weighted by molar-refractivity contribution is 6.30. The van der Waals surface area contributed by atoms with E-state index in [1.165, 1.54) is 0 Å². The highest BCUT2D eigenvalue weighted by Crippen LogP contribution is 2.17. The zero-order valence-electron chi connectivity index (χ0n) is 11.5. The number of carbonyl (C=O) groups is 1. The molecule has 2 aromatic carbocycles. The van der Waals surface area contributed by atoms with Gasteiger partial charge in [-0.05, 0) is 23.8 Å². The topological polar surface area (TPSA) is 64.4 Å².